The van der Waals surface area contributed by atoms with Crippen LogP contribution in [0.3, 0.4) is 0 Å². The van der Waals surface area contributed by atoms with E-state index < -0.39 is 0 Å². The van der Waals surface area contributed by atoms with E-state index in [0.29, 0.717) is 5.41 Å². The van der Waals surface area contributed by atoms with Crippen molar-refractivity contribution >= 4 is 11.4 Å². The van der Waals surface area contributed by atoms with Crippen molar-refractivity contribution in [1.82, 2.24) is 14.5 Å². The molecule has 5 heteroatoms. The van der Waals surface area contributed by atoms with Crippen LogP contribution in [0.1, 0.15) is 31.7 Å². The van der Waals surface area contributed by atoms with Crippen LogP contribution in [0.25, 0.3) is 5.52 Å². The van der Waals surface area contributed by atoms with E-state index in [0.717, 1.165) is 37.4 Å². The van der Waals surface area contributed by atoms with Gasteiger partial charge in [-0.05, 0) is 49.3 Å². The molecule has 1 atom stereocenters. The summed E-state index contributed by atoms with van der Waals surface area (Å²) in [5, 5.41) is 13.6. The molecule has 0 unspecified atom stereocenters. The lowest BCUT2D eigenvalue weighted by Crippen LogP contribution is -2.64. The van der Waals surface area contributed by atoms with Gasteiger partial charge >= 0.3 is 0 Å². The van der Waals surface area contributed by atoms with Crippen LogP contribution in [-0.4, -0.2) is 45.2 Å². The average Bonchev–Trinajstić information content (AvgIpc) is 2.96. The fraction of sp³-hybridized carbons (Fsp3) is 0.579. The molecule has 2 aliphatic rings. The van der Waals surface area contributed by atoms with Crippen molar-refractivity contribution in [2.75, 3.05) is 19.7 Å². The molecule has 0 aromatic carbocycles. The van der Waals surface area contributed by atoms with Crippen LogP contribution in [0.15, 0.2) is 30.6 Å². The zero-order valence-corrected chi connectivity index (χ0v) is 14.2. The normalized spacial score (nSPS) is 20.8. The van der Waals surface area contributed by atoms with Gasteiger partial charge in [0.05, 0.1) is 18.0 Å². The van der Waals surface area contributed by atoms with Gasteiger partial charge in [-0.15, -0.1) is 0 Å². The second-order valence-electron chi connectivity index (χ2n) is 7.70. The summed E-state index contributed by atoms with van der Waals surface area (Å²) in [5.74, 6) is 0.646. The maximum absolute atomic E-state index is 12.2. The van der Waals surface area contributed by atoms with Gasteiger partial charge in [0.1, 0.15) is 0 Å². The molecule has 1 saturated heterocycles. The van der Waals surface area contributed by atoms with E-state index in [1.807, 2.05) is 28.6 Å². The molecule has 2 aromatic heterocycles. The van der Waals surface area contributed by atoms with Gasteiger partial charge in [-0.25, -0.2) is 4.52 Å². The monoisotopic (exact) mass is 327 g/mol. The van der Waals surface area contributed by atoms with Crippen LogP contribution in [0.4, 0.5) is 0 Å². The van der Waals surface area contributed by atoms with Crippen molar-refractivity contribution in [3.05, 3.63) is 36.2 Å². The number of carbonyl (C=O) groups excluding carboxylic acids is 1. The van der Waals surface area contributed by atoms with Crippen LogP contribution < -0.4 is 0 Å². The van der Waals surface area contributed by atoms with Crippen molar-refractivity contribution < 1.29 is 9.90 Å². The van der Waals surface area contributed by atoms with E-state index in [1.165, 1.54) is 18.4 Å². The third kappa shape index (κ3) is 2.61. The molecule has 2 fully saturated rings. The van der Waals surface area contributed by atoms with Crippen molar-refractivity contribution in [2.24, 2.45) is 17.3 Å². The highest BCUT2D eigenvalue weighted by molar-refractivity contribution is 5.80. The second kappa shape index (κ2) is 5.88. The minimum Gasteiger partial charge on any atom is -0.396 e. The summed E-state index contributed by atoms with van der Waals surface area (Å²) in [6, 6.07) is 6.34. The lowest BCUT2D eigenvalue weighted by molar-refractivity contribution is -0.160. The molecule has 3 heterocycles. The smallest absolute Gasteiger partial charge is 0.228 e. The molecule has 1 saturated carbocycles. The Labute approximate surface area is 142 Å². The number of carbonyl (C=O) groups is 1. The molecule has 5 nitrogen and oxygen atoms in total. The van der Waals surface area contributed by atoms with E-state index in [-0.39, 0.29) is 18.4 Å². The summed E-state index contributed by atoms with van der Waals surface area (Å²) in [6.45, 7) is 3.70. The van der Waals surface area contributed by atoms with E-state index in [1.54, 1.807) is 0 Å². The Balaban J connectivity index is 1.29. The second-order valence-corrected chi connectivity index (χ2v) is 7.70. The van der Waals surface area contributed by atoms with E-state index in [2.05, 4.69) is 23.4 Å². The largest absolute Gasteiger partial charge is 0.396 e. The summed E-state index contributed by atoms with van der Waals surface area (Å²) in [5.41, 5.74) is 2.83. The number of aliphatic hydroxyl groups excluding tert-OH is 1. The third-order valence-electron chi connectivity index (χ3n) is 5.85. The Morgan fingerprint density at radius 2 is 2.17 bits per heavy atom. The molecular formula is C19H25N3O2. The zero-order valence-electron chi connectivity index (χ0n) is 14.2. The summed E-state index contributed by atoms with van der Waals surface area (Å²) >= 11 is 0. The van der Waals surface area contributed by atoms with Gasteiger partial charge in [-0.2, -0.15) is 5.10 Å². The van der Waals surface area contributed by atoms with Crippen molar-refractivity contribution in [3.63, 3.8) is 0 Å². The summed E-state index contributed by atoms with van der Waals surface area (Å²) in [6.07, 6.45) is 8.20. The number of aromatic nitrogens is 2. The Hall–Kier alpha value is -1.88. The van der Waals surface area contributed by atoms with Gasteiger partial charge < -0.3 is 10.0 Å². The first-order chi connectivity index (χ1) is 11.6. The van der Waals surface area contributed by atoms with Crippen molar-refractivity contribution in [3.8, 4) is 0 Å². The molecular weight excluding hydrogens is 302 g/mol. The zero-order chi connectivity index (χ0) is 16.7. The lowest BCUT2D eigenvalue weighted by Gasteiger charge is -2.59. The Morgan fingerprint density at radius 3 is 2.88 bits per heavy atom. The molecule has 1 aliphatic carbocycles. The fourth-order valence-corrected chi connectivity index (χ4v) is 4.54. The van der Waals surface area contributed by atoms with E-state index in [4.69, 9.17) is 0 Å². The van der Waals surface area contributed by atoms with Crippen LogP contribution >= 0.6 is 0 Å². The predicted molar refractivity (Wildman–Crippen MR) is 91.5 cm³/mol. The molecule has 1 aliphatic heterocycles. The van der Waals surface area contributed by atoms with Crippen molar-refractivity contribution in [1.29, 1.82) is 0 Å². The van der Waals surface area contributed by atoms with Crippen LogP contribution in [-0.2, 0) is 11.2 Å². The fourth-order valence-electron chi connectivity index (χ4n) is 4.54. The SMILES string of the molecule is CC[C@H](CO)C(=O)N1CC2(CC(Cc3ccc4ccnn4c3)C2)C1. The highest BCUT2D eigenvalue weighted by Crippen LogP contribution is 2.53. The number of fused-ring (bicyclic) bond motifs is 1. The standard InChI is InChI=1S/C19H25N3O2/c1-2-16(11-23)18(24)21-12-19(13-21)8-15(9-19)7-14-3-4-17-5-6-20-22(17)10-14/h3-6,10,15-16,23H,2,7-9,11-13H2,1H3/t16-/m1/s1. The van der Waals surface area contributed by atoms with Gasteiger partial charge in [0.2, 0.25) is 5.91 Å². The van der Waals surface area contributed by atoms with E-state index >= 15 is 0 Å². The van der Waals surface area contributed by atoms with Gasteiger partial charge in [-0.1, -0.05) is 13.0 Å². The molecule has 1 amide bonds. The molecule has 128 valence electrons. The quantitative estimate of drug-likeness (QED) is 0.915. The van der Waals surface area contributed by atoms with E-state index in [9.17, 15) is 9.90 Å². The first-order valence-corrected chi connectivity index (χ1v) is 8.94. The molecule has 1 N–H and O–H groups in total. The lowest BCUT2D eigenvalue weighted by atomic mass is 9.56. The average molecular weight is 327 g/mol. The highest BCUT2D eigenvalue weighted by atomic mass is 16.3. The Morgan fingerprint density at radius 1 is 1.38 bits per heavy atom. The number of pyridine rings is 1. The van der Waals surface area contributed by atoms with Crippen LogP contribution in [0.2, 0.25) is 0 Å². The number of hydrogen-bond donors (Lipinski definition) is 1. The van der Waals surface area contributed by atoms with Gasteiger partial charge in [0.25, 0.3) is 0 Å². The highest BCUT2D eigenvalue weighted by Gasteiger charge is 2.53. The number of aliphatic hydroxyl groups is 1. The summed E-state index contributed by atoms with van der Waals surface area (Å²) < 4.78 is 1.94. The summed E-state index contributed by atoms with van der Waals surface area (Å²) in [7, 11) is 0. The minimum absolute atomic E-state index is 0.0304. The molecule has 2 aromatic rings. The first-order valence-electron chi connectivity index (χ1n) is 8.94. The van der Waals surface area contributed by atoms with Gasteiger partial charge in [0.15, 0.2) is 0 Å². The molecule has 24 heavy (non-hydrogen) atoms. The molecule has 4 rings (SSSR count). The predicted octanol–water partition coefficient (Wildman–Crippen LogP) is 2.13. The number of amides is 1. The molecule has 0 bridgehead atoms. The number of nitrogens with zero attached hydrogens (tertiary/aromatic N) is 3. The molecule has 1 spiro atoms. The first kappa shape index (κ1) is 15.6. The molecule has 0 radical (unpaired) electrons. The maximum atomic E-state index is 12.2. The van der Waals surface area contributed by atoms with Crippen LogP contribution in [0, 0.1) is 17.3 Å². The maximum Gasteiger partial charge on any atom is 0.228 e. The number of hydrogen-bond acceptors (Lipinski definition) is 3. The Bertz CT molecular complexity index is 736. The third-order valence-corrected chi connectivity index (χ3v) is 5.85. The Kier molecular flexibility index (Phi) is 3.83. The van der Waals surface area contributed by atoms with Gasteiger partial charge in [-0.3, -0.25) is 4.79 Å². The summed E-state index contributed by atoms with van der Waals surface area (Å²) in [4.78, 5) is 14.2. The van der Waals surface area contributed by atoms with Crippen LogP contribution in [0.5, 0.6) is 0 Å². The minimum atomic E-state index is -0.209. The number of likely N-dealkylation sites (tertiary alicyclic amines) is 1. The number of rotatable bonds is 5. The van der Waals surface area contributed by atoms with Gasteiger partial charge in [0, 0.05) is 30.9 Å². The topological polar surface area (TPSA) is 57.8 Å². The van der Waals surface area contributed by atoms with Crippen molar-refractivity contribution in [2.45, 2.75) is 32.6 Å².